The van der Waals surface area contributed by atoms with Crippen molar-refractivity contribution in [1.29, 1.82) is 0 Å². The number of esters is 1. The first kappa shape index (κ1) is 59.0. The summed E-state index contributed by atoms with van der Waals surface area (Å²) in [4.78, 5) is 121. The minimum Gasteiger partial charge on any atom is -0.496 e. The number of methoxy groups -OCH3 is 1. The third kappa shape index (κ3) is 16.6. The van der Waals surface area contributed by atoms with E-state index in [1.807, 2.05) is 0 Å². The third-order valence-electron chi connectivity index (χ3n) is 12.4. The summed E-state index contributed by atoms with van der Waals surface area (Å²) in [7, 11) is 1.49. The van der Waals surface area contributed by atoms with E-state index in [1.165, 1.54) is 32.2 Å². The van der Waals surface area contributed by atoms with Gasteiger partial charge in [-0.15, -0.1) is 0 Å². The van der Waals surface area contributed by atoms with E-state index in [4.69, 9.17) is 20.9 Å². The molecule has 2 bridgehead atoms. The molecule has 2 aliphatic rings. The second kappa shape index (κ2) is 27.9. The molecule has 11 atom stereocenters. The number of carbonyl (C=O) groups excluding carboxylic acids is 8. The molecule has 22 nitrogen and oxygen atoms in total. The molecule has 24 heteroatoms. The van der Waals surface area contributed by atoms with Gasteiger partial charge < -0.3 is 62.4 Å². The number of piperidine rings is 1. The Morgan fingerprint density at radius 3 is 2.30 bits per heavy atom. The number of aliphatic imine (C=N–C) groups is 1. The first-order valence-electron chi connectivity index (χ1n) is 23.6. The van der Waals surface area contributed by atoms with Crippen LogP contribution in [0.3, 0.4) is 0 Å². The summed E-state index contributed by atoms with van der Waals surface area (Å²) in [5.41, 5.74) is 11.6. The van der Waals surface area contributed by atoms with Crippen LogP contribution in [0.15, 0.2) is 27.7 Å². The Morgan fingerprint density at radius 2 is 1.71 bits per heavy atom. The lowest BCUT2D eigenvalue weighted by Gasteiger charge is -2.44. The summed E-state index contributed by atoms with van der Waals surface area (Å²) >= 11 is 3.48. The molecule has 2 saturated heterocycles. The SMILES string of the molecule is CCCC(=O)N[C@@H](CC[S@@](C)=O)C(=O)N[C@@H]1C(=O)N[C@@H](CCCN=C(N)N)C(=O)N[C@H]2CC[C@@H](O)N(C2=O)[C@@H]([C@@H](C)CC)C(=O)N(C)[C@@H](Cc2ccc(OC)c(Br)c2)C(=O)N[C@@H](C(C)C)C(=O)O[C@@H]1C. The number of cyclic esters (lactones) is 1. The Bertz CT molecular complexity index is 2090. The Balaban J connectivity index is 2.28. The maximum Gasteiger partial charge on any atom is 0.329 e. The van der Waals surface area contributed by atoms with Gasteiger partial charge in [0.25, 0.3) is 0 Å². The number of ether oxygens (including phenoxy) is 2. The van der Waals surface area contributed by atoms with Gasteiger partial charge in [0.05, 0.1) is 11.6 Å². The van der Waals surface area contributed by atoms with Crippen molar-refractivity contribution in [2.75, 3.05) is 32.7 Å². The quantitative estimate of drug-likeness (QED) is 0.0410. The van der Waals surface area contributed by atoms with Crippen LogP contribution in [0.1, 0.15) is 98.5 Å². The number of likely N-dealkylation sites (N-methyl/N-ethyl adjacent to an activating group) is 1. The number of guanidine groups is 1. The summed E-state index contributed by atoms with van der Waals surface area (Å²) in [6.45, 7) is 9.90. The highest BCUT2D eigenvalue weighted by Crippen LogP contribution is 2.29. The van der Waals surface area contributed by atoms with E-state index < -0.39 is 125 Å². The molecule has 0 aliphatic carbocycles. The van der Waals surface area contributed by atoms with Crippen LogP contribution in [0.2, 0.25) is 0 Å². The van der Waals surface area contributed by atoms with E-state index in [0.717, 1.165) is 4.90 Å². The van der Waals surface area contributed by atoms with Gasteiger partial charge in [0, 0.05) is 49.2 Å². The average Bonchev–Trinajstić information content (AvgIpc) is 3.29. The van der Waals surface area contributed by atoms with Gasteiger partial charge in [-0.2, -0.15) is 0 Å². The molecule has 0 aromatic heterocycles. The van der Waals surface area contributed by atoms with Crippen molar-refractivity contribution in [2.45, 2.75) is 154 Å². The number of halogens is 1. The molecular weight excluding hydrogens is 997 g/mol. The lowest BCUT2D eigenvalue weighted by molar-refractivity contribution is -0.168. The summed E-state index contributed by atoms with van der Waals surface area (Å²) in [5.74, 6) is -7.49. The number of fused-ring (bicyclic) bond motifs is 2. The standard InChI is InChI=1S/C46H73BrN10O12S/c1-10-13-34(58)51-30(19-21-70(9)67)40(61)55-37-26(6)69-45(66)36(24(3)4)54-41(62)32(23-27-15-17-33(68-8)28(47)22-27)56(7)44(65)38(25(5)11-2)57-35(59)18-16-31(43(57)64)53-39(60)29(52-42(37)63)14-12-20-50-46(48)49/h15,17,22,24-26,29-32,35-38,59H,10-14,16,18-21,23H2,1-9H3,(H,51,58)(H,52,63)(H,53,60)(H,54,62)(H,55,61)(H4,48,49,50)/t25-,26+,29-,30-,31-,32-,35+,36-,37-,38-,70+/m0/s1. The first-order valence-corrected chi connectivity index (χ1v) is 26.1. The van der Waals surface area contributed by atoms with Crippen LogP contribution in [0.5, 0.6) is 5.75 Å². The summed E-state index contributed by atoms with van der Waals surface area (Å²) < 4.78 is 24.0. The fraction of sp³-hybridized carbons (Fsp3) is 0.674. The van der Waals surface area contributed by atoms with E-state index in [0.29, 0.717) is 28.6 Å². The Kier molecular flexibility index (Phi) is 23.5. The van der Waals surface area contributed by atoms with E-state index in [1.54, 1.807) is 52.8 Å². The minimum atomic E-state index is -1.75. The molecule has 70 heavy (non-hydrogen) atoms. The van der Waals surface area contributed by atoms with Crippen LogP contribution in [-0.2, 0) is 60.3 Å². The highest BCUT2D eigenvalue weighted by Gasteiger charge is 2.47. The number of aliphatic hydroxyl groups is 1. The lowest BCUT2D eigenvalue weighted by atomic mass is 9.91. The van der Waals surface area contributed by atoms with E-state index in [2.05, 4.69) is 47.5 Å². The van der Waals surface area contributed by atoms with E-state index in [-0.39, 0.29) is 63.2 Å². The molecule has 2 fully saturated rings. The average molecular weight is 1070 g/mol. The number of aliphatic hydroxyl groups excluding tert-OH is 1. The van der Waals surface area contributed by atoms with Crippen LogP contribution < -0.4 is 42.8 Å². The summed E-state index contributed by atoms with van der Waals surface area (Å²) in [6, 6.07) is -4.76. The molecule has 0 saturated carbocycles. The fourth-order valence-corrected chi connectivity index (χ4v) is 9.28. The molecule has 10 N–H and O–H groups in total. The maximum atomic E-state index is 15.0. The zero-order chi connectivity index (χ0) is 52.6. The number of hydrogen-bond acceptors (Lipinski definition) is 13. The molecular formula is C46H73BrN10O12S. The van der Waals surface area contributed by atoms with E-state index >= 15 is 0 Å². The Morgan fingerprint density at radius 1 is 1.03 bits per heavy atom. The monoisotopic (exact) mass is 1070 g/mol. The van der Waals surface area contributed by atoms with Crippen LogP contribution in [0, 0.1) is 11.8 Å². The first-order chi connectivity index (χ1) is 32.9. The molecule has 0 spiro atoms. The van der Waals surface area contributed by atoms with Crippen molar-refractivity contribution in [2.24, 2.45) is 28.3 Å². The van der Waals surface area contributed by atoms with Gasteiger partial charge >= 0.3 is 5.97 Å². The van der Waals surface area contributed by atoms with Crippen LogP contribution in [0.4, 0.5) is 0 Å². The van der Waals surface area contributed by atoms with Crippen LogP contribution in [-0.4, -0.2) is 160 Å². The predicted octanol–water partition coefficient (Wildman–Crippen LogP) is -0.170. The van der Waals surface area contributed by atoms with E-state index in [9.17, 15) is 47.7 Å². The minimum absolute atomic E-state index is 0.00364. The molecule has 0 unspecified atom stereocenters. The molecule has 7 amide bonds. The van der Waals surface area contributed by atoms with Crippen molar-refractivity contribution in [3.63, 3.8) is 0 Å². The Labute approximate surface area is 420 Å². The van der Waals surface area contributed by atoms with Crippen LogP contribution >= 0.6 is 15.9 Å². The molecule has 3 rings (SSSR count). The highest BCUT2D eigenvalue weighted by atomic mass is 79.9. The van der Waals surface area contributed by atoms with Gasteiger partial charge in [-0.25, -0.2) is 4.79 Å². The maximum absolute atomic E-state index is 15.0. The van der Waals surface area contributed by atoms with Crippen molar-refractivity contribution in [1.82, 2.24) is 36.4 Å². The fourth-order valence-electron chi connectivity index (χ4n) is 8.12. The predicted molar refractivity (Wildman–Crippen MR) is 265 cm³/mol. The van der Waals surface area contributed by atoms with Crippen molar-refractivity contribution < 1.29 is 57.1 Å². The smallest absolute Gasteiger partial charge is 0.329 e. The summed E-state index contributed by atoms with van der Waals surface area (Å²) in [5, 5.41) is 24.8. The van der Waals surface area contributed by atoms with Crippen molar-refractivity contribution >= 4 is 80.0 Å². The van der Waals surface area contributed by atoms with Gasteiger partial charge in [-0.3, -0.25) is 42.8 Å². The molecule has 0 radical (unpaired) electrons. The van der Waals surface area contributed by atoms with Gasteiger partial charge in [0.15, 0.2) is 5.96 Å². The second-order valence-electron chi connectivity index (χ2n) is 18.1. The highest BCUT2D eigenvalue weighted by molar-refractivity contribution is 9.10. The number of nitrogens with zero attached hydrogens (tertiary/aromatic N) is 3. The number of nitrogens with two attached hydrogens (primary N) is 2. The van der Waals surface area contributed by atoms with Gasteiger partial charge in [-0.1, -0.05) is 47.1 Å². The van der Waals surface area contributed by atoms with Gasteiger partial charge in [0.2, 0.25) is 41.4 Å². The number of benzene rings is 1. The zero-order valence-corrected chi connectivity index (χ0v) is 44.0. The van der Waals surface area contributed by atoms with Crippen molar-refractivity contribution in [3.8, 4) is 5.75 Å². The lowest BCUT2D eigenvalue weighted by Crippen LogP contribution is -2.66. The second-order valence-corrected chi connectivity index (χ2v) is 20.5. The van der Waals surface area contributed by atoms with Crippen LogP contribution in [0.25, 0.3) is 0 Å². The third-order valence-corrected chi connectivity index (χ3v) is 13.8. The normalized spacial score (nSPS) is 25.4. The number of rotatable bonds is 18. The molecule has 1 aromatic rings. The number of amides is 7. The zero-order valence-electron chi connectivity index (χ0n) is 41.6. The number of hydrogen-bond donors (Lipinski definition) is 8. The van der Waals surface area contributed by atoms with Gasteiger partial charge in [0.1, 0.15) is 60.4 Å². The number of carbonyl (C=O) groups is 8. The molecule has 2 heterocycles. The summed E-state index contributed by atoms with van der Waals surface area (Å²) in [6.07, 6.45) is -0.976. The topological polar surface area (TPSA) is 323 Å². The molecule has 1 aromatic carbocycles. The molecule has 392 valence electrons. The van der Waals surface area contributed by atoms with Crippen molar-refractivity contribution in [3.05, 3.63) is 28.2 Å². The van der Waals surface area contributed by atoms with Gasteiger partial charge in [-0.05, 0) is 90.9 Å². The number of nitrogens with one attached hydrogen (secondary N) is 5. The Hall–Kier alpha value is -5.36. The largest absolute Gasteiger partial charge is 0.496 e. The molecule has 2 aliphatic heterocycles.